The maximum Gasteiger partial charge on any atom is 0.229 e. The lowest BCUT2D eigenvalue weighted by atomic mass is 10.1. The summed E-state index contributed by atoms with van der Waals surface area (Å²) in [5.41, 5.74) is 3.24. The zero-order valence-electron chi connectivity index (χ0n) is 13.1. The quantitative estimate of drug-likeness (QED) is 0.897. The number of aromatic nitrogens is 2. The third-order valence-electron chi connectivity index (χ3n) is 3.71. The minimum absolute atomic E-state index is 0.0750. The Kier molecular flexibility index (Phi) is 5.14. The molecule has 1 N–H and O–H groups in total. The Morgan fingerprint density at radius 3 is 2.59 bits per heavy atom. The summed E-state index contributed by atoms with van der Waals surface area (Å²) in [7, 11) is 0. The van der Waals surface area contributed by atoms with Crippen LogP contribution in [-0.2, 0) is 11.3 Å². The van der Waals surface area contributed by atoms with Gasteiger partial charge in [-0.15, -0.1) is 0 Å². The fourth-order valence-corrected chi connectivity index (χ4v) is 2.50. The Morgan fingerprint density at radius 1 is 1.32 bits per heavy atom. The van der Waals surface area contributed by atoms with E-state index in [1.54, 1.807) is 10.7 Å². The number of nitrogens with one attached hydrogen (secondary N) is 1. The van der Waals surface area contributed by atoms with Crippen LogP contribution in [-0.4, -0.2) is 15.7 Å². The molecule has 1 heterocycles. The highest BCUT2D eigenvalue weighted by Crippen LogP contribution is 2.24. The van der Waals surface area contributed by atoms with Crippen molar-refractivity contribution in [3.8, 4) is 0 Å². The molecule has 1 aromatic carbocycles. The van der Waals surface area contributed by atoms with E-state index in [2.05, 4.69) is 10.4 Å². The molecule has 0 aliphatic rings. The molecular weight excluding hydrogens is 321 g/mol. The van der Waals surface area contributed by atoms with Gasteiger partial charge in [0.25, 0.3) is 0 Å². The molecule has 0 spiro atoms. The number of carbonyl (C=O) groups excluding carboxylic acids is 1. The van der Waals surface area contributed by atoms with E-state index in [1.165, 1.54) is 0 Å². The predicted octanol–water partition coefficient (Wildman–Crippen LogP) is 4.39. The van der Waals surface area contributed by atoms with E-state index in [4.69, 9.17) is 23.2 Å². The van der Waals surface area contributed by atoms with Crippen molar-refractivity contribution in [2.75, 3.05) is 5.32 Å². The number of anilines is 1. The van der Waals surface area contributed by atoms with Crippen LogP contribution in [0, 0.1) is 26.7 Å². The fourth-order valence-electron chi connectivity index (χ4n) is 2.19. The molecule has 0 aliphatic carbocycles. The number of hydrogen-bond acceptors (Lipinski definition) is 2. The van der Waals surface area contributed by atoms with E-state index < -0.39 is 0 Å². The molecule has 4 nitrogen and oxygen atoms in total. The van der Waals surface area contributed by atoms with Crippen molar-refractivity contribution in [1.82, 2.24) is 9.78 Å². The van der Waals surface area contributed by atoms with Gasteiger partial charge in [0.1, 0.15) is 0 Å². The van der Waals surface area contributed by atoms with Crippen LogP contribution in [0.2, 0.25) is 10.0 Å². The molecule has 0 saturated carbocycles. The maximum absolute atomic E-state index is 12.4. The van der Waals surface area contributed by atoms with Crippen LogP contribution in [0.5, 0.6) is 0 Å². The minimum Gasteiger partial charge on any atom is -0.326 e. The summed E-state index contributed by atoms with van der Waals surface area (Å²) in [4.78, 5) is 12.4. The van der Waals surface area contributed by atoms with E-state index in [1.807, 2.05) is 39.8 Å². The second-order valence-electron chi connectivity index (χ2n) is 5.47. The third-order valence-corrected chi connectivity index (χ3v) is 4.67. The summed E-state index contributed by atoms with van der Waals surface area (Å²) >= 11 is 12.2. The van der Waals surface area contributed by atoms with Crippen molar-refractivity contribution >= 4 is 34.8 Å². The zero-order chi connectivity index (χ0) is 16.4. The fraction of sp³-hybridized carbons (Fsp3) is 0.375. The van der Waals surface area contributed by atoms with E-state index in [0.717, 1.165) is 22.6 Å². The first-order chi connectivity index (χ1) is 10.3. The largest absolute Gasteiger partial charge is 0.326 e. The normalized spacial score (nSPS) is 12.3. The van der Waals surface area contributed by atoms with Gasteiger partial charge in [0, 0.05) is 10.7 Å². The molecule has 0 radical (unpaired) electrons. The second kappa shape index (κ2) is 6.71. The van der Waals surface area contributed by atoms with Gasteiger partial charge in [-0.05, 0) is 38.5 Å². The number of aryl methyl sites for hydroxylation is 1. The van der Waals surface area contributed by atoms with Crippen LogP contribution >= 0.6 is 23.2 Å². The van der Waals surface area contributed by atoms with E-state index in [9.17, 15) is 4.79 Å². The van der Waals surface area contributed by atoms with Gasteiger partial charge in [0.15, 0.2) is 0 Å². The summed E-state index contributed by atoms with van der Waals surface area (Å²) in [6.45, 7) is 7.97. The standard InChI is InChI=1S/C16H19Cl2N3O/c1-9(8-21-12(4)15(18)11(3)20-21)16(22)19-14-7-5-6-13(17)10(14)2/h5-7,9H,8H2,1-4H3,(H,19,22). The topological polar surface area (TPSA) is 46.9 Å². The Bertz CT molecular complexity index is 710. The summed E-state index contributed by atoms with van der Waals surface area (Å²) < 4.78 is 1.77. The van der Waals surface area contributed by atoms with Crippen molar-refractivity contribution < 1.29 is 4.79 Å². The Hall–Kier alpha value is -1.52. The Morgan fingerprint density at radius 2 is 2.00 bits per heavy atom. The first-order valence-corrected chi connectivity index (χ1v) is 7.82. The lowest BCUT2D eigenvalue weighted by Gasteiger charge is -2.15. The molecule has 1 atom stereocenters. The highest BCUT2D eigenvalue weighted by molar-refractivity contribution is 6.32. The summed E-state index contributed by atoms with van der Waals surface area (Å²) in [6, 6.07) is 5.45. The van der Waals surface area contributed by atoms with Gasteiger partial charge in [0.2, 0.25) is 5.91 Å². The number of amides is 1. The predicted molar refractivity (Wildman–Crippen MR) is 90.7 cm³/mol. The van der Waals surface area contributed by atoms with E-state index >= 15 is 0 Å². The number of hydrogen-bond donors (Lipinski definition) is 1. The van der Waals surface area contributed by atoms with Crippen molar-refractivity contribution in [1.29, 1.82) is 0 Å². The first kappa shape index (κ1) is 16.8. The molecular formula is C16H19Cl2N3O. The maximum atomic E-state index is 12.4. The molecule has 0 aliphatic heterocycles. The molecule has 0 bridgehead atoms. The number of rotatable bonds is 4. The van der Waals surface area contributed by atoms with Gasteiger partial charge >= 0.3 is 0 Å². The van der Waals surface area contributed by atoms with Crippen LogP contribution in [0.3, 0.4) is 0 Å². The highest BCUT2D eigenvalue weighted by atomic mass is 35.5. The first-order valence-electron chi connectivity index (χ1n) is 7.06. The van der Waals surface area contributed by atoms with E-state index in [0.29, 0.717) is 16.6 Å². The number of halogens is 2. The third kappa shape index (κ3) is 3.45. The molecule has 1 aromatic heterocycles. The minimum atomic E-state index is -0.243. The van der Waals surface area contributed by atoms with Gasteiger partial charge in [-0.2, -0.15) is 5.10 Å². The molecule has 2 aromatic rings. The molecule has 22 heavy (non-hydrogen) atoms. The molecule has 1 amide bonds. The smallest absolute Gasteiger partial charge is 0.229 e. The summed E-state index contributed by atoms with van der Waals surface area (Å²) in [6.07, 6.45) is 0. The molecule has 1 unspecified atom stereocenters. The van der Waals surface area contributed by atoms with Crippen LogP contribution in [0.1, 0.15) is 23.9 Å². The molecule has 118 valence electrons. The van der Waals surface area contributed by atoms with Crippen LogP contribution < -0.4 is 5.32 Å². The molecule has 2 rings (SSSR count). The van der Waals surface area contributed by atoms with Crippen LogP contribution in [0.4, 0.5) is 5.69 Å². The number of benzene rings is 1. The van der Waals surface area contributed by atoms with Gasteiger partial charge in [0.05, 0.1) is 28.9 Å². The van der Waals surface area contributed by atoms with Crippen molar-refractivity contribution in [2.24, 2.45) is 5.92 Å². The summed E-state index contributed by atoms with van der Waals surface area (Å²) in [5, 5.41) is 8.56. The monoisotopic (exact) mass is 339 g/mol. The number of nitrogens with zero attached hydrogens (tertiary/aromatic N) is 2. The van der Waals surface area contributed by atoms with Gasteiger partial charge in [-0.3, -0.25) is 9.48 Å². The van der Waals surface area contributed by atoms with E-state index in [-0.39, 0.29) is 11.8 Å². The van der Waals surface area contributed by atoms with Crippen LogP contribution in [0.15, 0.2) is 18.2 Å². The van der Waals surface area contributed by atoms with Crippen molar-refractivity contribution in [3.05, 3.63) is 45.2 Å². The SMILES string of the molecule is Cc1nn(CC(C)C(=O)Nc2cccc(Cl)c2C)c(C)c1Cl. The Labute approximate surface area is 140 Å². The lowest BCUT2D eigenvalue weighted by Crippen LogP contribution is -2.25. The van der Waals surface area contributed by atoms with Gasteiger partial charge in [-0.1, -0.05) is 36.2 Å². The van der Waals surface area contributed by atoms with Crippen molar-refractivity contribution in [2.45, 2.75) is 34.2 Å². The molecule has 0 saturated heterocycles. The summed E-state index contributed by atoms with van der Waals surface area (Å²) in [5.74, 6) is -0.318. The highest BCUT2D eigenvalue weighted by Gasteiger charge is 2.18. The van der Waals surface area contributed by atoms with Crippen LogP contribution in [0.25, 0.3) is 0 Å². The van der Waals surface area contributed by atoms with Crippen molar-refractivity contribution in [3.63, 3.8) is 0 Å². The average Bonchev–Trinajstić information content (AvgIpc) is 2.71. The average molecular weight is 340 g/mol. The number of carbonyl (C=O) groups is 1. The zero-order valence-corrected chi connectivity index (χ0v) is 14.6. The van der Waals surface area contributed by atoms with Gasteiger partial charge in [-0.25, -0.2) is 0 Å². The van der Waals surface area contributed by atoms with Gasteiger partial charge < -0.3 is 5.32 Å². The Balaban J connectivity index is 2.09. The molecule has 0 fully saturated rings. The lowest BCUT2D eigenvalue weighted by molar-refractivity contribution is -0.119. The molecule has 6 heteroatoms. The second-order valence-corrected chi connectivity index (χ2v) is 6.25.